The Kier molecular flexibility index (Phi) is 84.6. The number of likely N-dealkylation sites (N-methyl/N-ethyl adjacent to an activating group) is 3. The van der Waals surface area contributed by atoms with E-state index < -0.39 is 60.6 Å². The number of nitrogens with zero attached hydrogens (tertiary/aromatic N) is 3. The van der Waals surface area contributed by atoms with Crippen molar-refractivity contribution < 1.29 is 98.4 Å². The highest BCUT2D eigenvalue weighted by atomic mass is 35.5. The van der Waals surface area contributed by atoms with E-state index in [0.29, 0.717) is 90.9 Å². The first-order chi connectivity index (χ1) is 59.4. The summed E-state index contributed by atoms with van der Waals surface area (Å²) in [4.78, 5) is 79.4. The molecule has 124 heavy (non-hydrogen) atoms. The molecule has 730 valence electrons. The SMILES string of the molecule is CCCCCCCCCCCC[N+](C)(C)CC(=O)OC(CCCCC)C(O)C/C=C/CCCCCCCC(=O)OCC(COC(=O)CCCCCCC/C=C/CC(O)C(CCCCC)OC(=O)C[N+](C)(C)CCCCCCCCCCCC)OC(=O)CCCCCCC/C=C/CC(O)C(CCCCC)OC(=O)C[N+](C)(C)CCCCCCCCCCCC.[Cl-]. The number of rotatable bonds is 92. The van der Waals surface area contributed by atoms with Gasteiger partial charge in [-0.1, -0.05) is 328 Å². The fourth-order valence-corrected chi connectivity index (χ4v) is 16.3. The number of carbonyl (C=O) groups excluding carboxylic acids is 6. The maximum Gasteiger partial charge on any atom is 0.362 e. The molecule has 0 aliphatic heterocycles. The summed E-state index contributed by atoms with van der Waals surface area (Å²) in [6, 6.07) is 0. The van der Waals surface area contributed by atoms with Crippen molar-refractivity contribution in [1.29, 1.82) is 0 Å². The molecule has 0 aromatic rings. The van der Waals surface area contributed by atoms with Crippen LogP contribution in [0.3, 0.4) is 0 Å². The van der Waals surface area contributed by atoms with Gasteiger partial charge in [0.05, 0.1) is 80.2 Å². The van der Waals surface area contributed by atoms with Gasteiger partial charge in [-0.15, -0.1) is 0 Å². The van der Waals surface area contributed by atoms with Gasteiger partial charge in [-0.05, 0) is 154 Å². The number of quaternary nitrogens is 3. The molecule has 0 aliphatic carbocycles. The van der Waals surface area contributed by atoms with Gasteiger partial charge >= 0.3 is 35.8 Å². The number of hydrogen-bond acceptors (Lipinski definition) is 15. The second-order valence-corrected chi connectivity index (χ2v) is 38.8. The van der Waals surface area contributed by atoms with Crippen molar-refractivity contribution in [1.82, 2.24) is 0 Å². The number of aliphatic hydroxyl groups excluding tert-OH is 3. The maximum absolute atomic E-state index is 13.3. The Bertz CT molecular complexity index is 2450. The van der Waals surface area contributed by atoms with Crippen LogP contribution in [0.4, 0.5) is 0 Å². The van der Waals surface area contributed by atoms with Gasteiger partial charge in [-0.3, -0.25) is 14.4 Å². The lowest BCUT2D eigenvalue weighted by molar-refractivity contribution is -0.883. The Morgan fingerprint density at radius 1 is 0.250 bits per heavy atom. The number of aliphatic hydroxyl groups is 3. The zero-order valence-electron chi connectivity index (χ0n) is 82.8. The minimum Gasteiger partial charge on any atom is -1.00 e. The molecule has 0 heterocycles. The molecule has 0 bridgehead atoms. The zero-order chi connectivity index (χ0) is 90.8. The summed E-state index contributed by atoms with van der Waals surface area (Å²) < 4.78 is 37.0. The second-order valence-electron chi connectivity index (χ2n) is 38.8. The third-order valence-corrected chi connectivity index (χ3v) is 24.5. The number of unbranched alkanes of at least 4 members (excludes halogenated alkanes) is 48. The summed E-state index contributed by atoms with van der Waals surface area (Å²) in [6.07, 6.45) is 74.6. The number of ether oxygens (including phenoxy) is 6. The van der Waals surface area contributed by atoms with Gasteiger partial charge < -0.3 is 69.6 Å². The van der Waals surface area contributed by atoms with Crippen LogP contribution >= 0.6 is 0 Å². The molecule has 0 aliphatic rings. The second kappa shape index (κ2) is 85.8. The fourth-order valence-electron chi connectivity index (χ4n) is 16.3. The summed E-state index contributed by atoms with van der Waals surface area (Å²) in [7, 11) is 12.6. The lowest BCUT2D eigenvalue weighted by atomic mass is 10.0. The third kappa shape index (κ3) is 80.2. The first kappa shape index (κ1) is 122. The lowest BCUT2D eigenvalue weighted by Gasteiger charge is -2.30. The van der Waals surface area contributed by atoms with Gasteiger partial charge in [0.2, 0.25) is 0 Å². The van der Waals surface area contributed by atoms with Gasteiger partial charge in [-0.25, -0.2) is 14.4 Å². The van der Waals surface area contributed by atoms with Gasteiger partial charge in [0.25, 0.3) is 0 Å². The number of carbonyl (C=O) groups is 6. The van der Waals surface area contributed by atoms with E-state index in [0.717, 1.165) is 193 Å². The molecule has 6 atom stereocenters. The summed E-state index contributed by atoms with van der Waals surface area (Å²) in [6.45, 7) is 16.5. The molecule has 0 saturated carbocycles. The molecule has 0 radical (unpaired) electrons. The number of halogens is 1. The molecule has 0 saturated heterocycles. The Hall–Kier alpha value is -3.91. The molecule has 0 spiro atoms. The Balaban J connectivity index is 0. The first-order valence-corrected chi connectivity index (χ1v) is 51.9. The minimum absolute atomic E-state index is 0. The van der Waals surface area contributed by atoms with Crippen molar-refractivity contribution >= 4 is 35.8 Å². The molecule has 0 fully saturated rings. The van der Waals surface area contributed by atoms with Crippen LogP contribution in [0.2, 0.25) is 0 Å². The molecule has 19 heteroatoms. The van der Waals surface area contributed by atoms with E-state index >= 15 is 0 Å². The van der Waals surface area contributed by atoms with Gasteiger partial charge in [0.1, 0.15) is 31.5 Å². The predicted octanol–water partition coefficient (Wildman–Crippen LogP) is 22.6. The van der Waals surface area contributed by atoms with Crippen molar-refractivity contribution in [3.05, 3.63) is 36.5 Å². The quantitative estimate of drug-likeness (QED) is 0.0170. The van der Waals surface area contributed by atoms with Crippen molar-refractivity contribution in [2.45, 2.75) is 508 Å². The predicted molar refractivity (Wildman–Crippen MR) is 511 cm³/mol. The van der Waals surface area contributed by atoms with Crippen LogP contribution in [0.1, 0.15) is 465 Å². The fraction of sp³-hybridized carbons (Fsp3) is 0.886. The van der Waals surface area contributed by atoms with Crippen LogP contribution in [-0.2, 0) is 57.2 Å². The molecule has 3 N–H and O–H groups in total. The monoisotopic (exact) mass is 1780 g/mol. The van der Waals surface area contributed by atoms with E-state index in [2.05, 4.69) is 102 Å². The molecule has 18 nitrogen and oxygen atoms in total. The number of hydrogen-bond donors (Lipinski definition) is 3. The summed E-state index contributed by atoms with van der Waals surface area (Å²) in [5.41, 5.74) is 0. The van der Waals surface area contributed by atoms with Gasteiger partial charge in [0.15, 0.2) is 25.7 Å². The summed E-state index contributed by atoms with van der Waals surface area (Å²) in [5.74, 6) is -1.93. The van der Waals surface area contributed by atoms with Crippen molar-refractivity contribution in [3.63, 3.8) is 0 Å². The summed E-state index contributed by atoms with van der Waals surface area (Å²) in [5, 5.41) is 33.8. The van der Waals surface area contributed by atoms with Crippen molar-refractivity contribution in [2.75, 3.05) is 94.8 Å². The van der Waals surface area contributed by atoms with E-state index in [-0.39, 0.29) is 62.8 Å². The van der Waals surface area contributed by atoms with E-state index in [4.69, 9.17) is 28.4 Å². The van der Waals surface area contributed by atoms with Gasteiger partial charge in [0, 0.05) is 19.3 Å². The van der Waals surface area contributed by atoms with Crippen LogP contribution in [0.5, 0.6) is 0 Å². The number of allylic oxidation sites excluding steroid dienone is 3. The summed E-state index contributed by atoms with van der Waals surface area (Å²) >= 11 is 0. The van der Waals surface area contributed by atoms with Crippen LogP contribution in [0.15, 0.2) is 36.5 Å². The van der Waals surface area contributed by atoms with Crippen LogP contribution in [0, 0.1) is 0 Å². The van der Waals surface area contributed by atoms with Gasteiger partial charge in [-0.2, -0.15) is 0 Å². The Morgan fingerprint density at radius 3 is 0.710 bits per heavy atom. The standard InChI is InChI=1S/C105H200N3O15.ClH/c1-13-19-25-28-31-34-43-52-61-73-85-106(7,8)88-103(115)121-97(79-64-22-16-4)94(109)76-67-55-46-37-40-49-58-70-82-100(112)118-91-93(120-102(114)84-72-60-51-42-39-48-57-69-78-96(111)99(81-66-24-18-6)123-105(117)90-108(11,12)87-75-63-54-45-36-33-30-27-21-15-3)92-119-101(113)83-71-59-50-41-38-47-56-68-77-95(110)98(80-65-23-17-5)122-104(116)89-107(9,10)86-74-62-53-44-35-32-29-26-20-14-2;/h55-57,67-69,93-99,109-111H,13-54,58-66,70-92H2,1-12H3;1H/q+3;/p-1/b67-55+,68-56+,69-57+;. The molecular formula is C105H200ClN3O15+2. The van der Waals surface area contributed by atoms with Crippen LogP contribution in [0.25, 0.3) is 0 Å². The van der Waals surface area contributed by atoms with Crippen LogP contribution < -0.4 is 12.4 Å². The van der Waals surface area contributed by atoms with E-state index in [1.54, 1.807) is 0 Å². The molecular weight excluding hydrogens is 1580 g/mol. The lowest BCUT2D eigenvalue weighted by Crippen LogP contribution is -3.00. The Morgan fingerprint density at radius 2 is 0.460 bits per heavy atom. The van der Waals surface area contributed by atoms with E-state index in [1.165, 1.54) is 173 Å². The highest BCUT2D eigenvalue weighted by Crippen LogP contribution is 2.24. The highest BCUT2D eigenvalue weighted by molar-refractivity contribution is 5.72. The van der Waals surface area contributed by atoms with E-state index in [9.17, 15) is 44.1 Å². The molecule has 0 aromatic carbocycles. The third-order valence-electron chi connectivity index (χ3n) is 24.5. The average Bonchev–Trinajstić information content (AvgIpc) is 0.894. The average molecular weight is 1780 g/mol. The normalized spacial score (nSPS) is 13.9. The van der Waals surface area contributed by atoms with E-state index in [1.807, 2.05) is 18.2 Å². The first-order valence-electron chi connectivity index (χ1n) is 51.9. The Labute approximate surface area is 769 Å². The molecule has 0 amide bonds. The zero-order valence-corrected chi connectivity index (χ0v) is 83.5. The maximum atomic E-state index is 13.3. The van der Waals surface area contributed by atoms with Crippen molar-refractivity contribution in [2.24, 2.45) is 0 Å². The van der Waals surface area contributed by atoms with Crippen LogP contribution in [-0.4, -0.2) is 202 Å². The molecule has 0 rings (SSSR count). The van der Waals surface area contributed by atoms with Crippen molar-refractivity contribution in [3.8, 4) is 0 Å². The largest absolute Gasteiger partial charge is 1.00 e. The molecule has 6 unspecified atom stereocenters. The minimum atomic E-state index is -0.932. The topological polar surface area (TPSA) is 218 Å². The smallest absolute Gasteiger partial charge is 0.362 e. The number of esters is 6. The highest BCUT2D eigenvalue weighted by Gasteiger charge is 2.31. The molecule has 0 aromatic heterocycles.